The van der Waals surface area contributed by atoms with Gasteiger partial charge in [-0.2, -0.15) is 5.10 Å². The fraction of sp³-hybridized carbons (Fsp3) is 0.438. The summed E-state index contributed by atoms with van der Waals surface area (Å²) in [6, 6.07) is 11.0. The summed E-state index contributed by atoms with van der Waals surface area (Å²) in [5.41, 5.74) is 3.70. The molecule has 1 aromatic heterocycles. The van der Waals surface area contributed by atoms with E-state index in [4.69, 9.17) is 0 Å². The molecule has 0 bridgehead atoms. The molecule has 0 aliphatic heterocycles. The fourth-order valence-electron chi connectivity index (χ4n) is 2.44. The van der Waals surface area contributed by atoms with E-state index < -0.39 is 0 Å². The van der Waals surface area contributed by atoms with Gasteiger partial charge in [0.2, 0.25) is 0 Å². The average Bonchev–Trinajstić information content (AvgIpc) is 2.73. The third-order valence-electron chi connectivity index (χ3n) is 3.58. The van der Waals surface area contributed by atoms with Gasteiger partial charge in [-0.3, -0.25) is 4.68 Å². The molecule has 4 nitrogen and oxygen atoms in total. The second kappa shape index (κ2) is 6.68. The summed E-state index contributed by atoms with van der Waals surface area (Å²) < 4.78 is 1.87. The number of nitrogens with one attached hydrogen (secondary N) is 1. The SMILES string of the molecule is Cc1nn(C)cc1CNCC(c1ccccc1)N(C)C. The van der Waals surface area contributed by atoms with Crippen LogP contribution in [0.5, 0.6) is 0 Å². The van der Waals surface area contributed by atoms with Crippen LogP contribution in [0.15, 0.2) is 36.5 Å². The Morgan fingerprint density at radius 2 is 1.95 bits per heavy atom. The molecule has 20 heavy (non-hydrogen) atoms. The molecule has 1 unspecified atom stereocenters. The van der Waals surface area contributed by atoms with Gasteiger partial charge < -0.3 is 10.2 Å². The highest BCUT2D eigenvalue weighted by Gasteiger charge is 2.13. The van der Waals surface area contributed by atoms with E-state index in [1.165, 1.54) is 11.1 Å². The highest BCUT2D eigenvalue weighted by Crippen LogP contribution is 2.17. The maximum absolute atomic E-state index is 4.37. The van der Waals surface area contributed by atoms with Crippen LogP contribution in [0.25, 0.3) is 0 Å². The van der Waals surface area contributed by atoms with Crippen LogP contribution in [0.1, 0.15) is 22.9 Å². The zero-order valence-corrected chi connectivity index (χ0v) is 12.8. The molecule has 1 atom stereocenters. The number of aromatic nitrogens is 2. The van der Waals surface area contributed by atoms with Gasteiger partial charge >= 0.3 is 0 Å². The molecule has 1 aromatic carbocycles. The molecule has 4 heteroatoms. The lowest BCUT2D eigenvalue weighted by atomic mass is 10.1. The van der Waals surface area contributed by atoms with Crippen LogP contribution in [0.3, 0.4) is 0 Å². The van der Waals surface area contributed by atoms with Crippen LogP contribution in [0, 0.1) is 6.92 Å². The van der Waals surface area contributed by atoms with E-state index in [9.17, 15) is 0 Å². The molecule has 0 saturated carbocycles. The average molecular weight is 272 g/mol. The van der Waals surface area contributed by atoms with Crippen molar-refractivity contribution >= 4 is 0 Å². The minimum absolute atomic E-state index is 0.383. The van der Waals surface area contributed by atoms with Gasteiger partial charge in [0.15, 0.2) is 0 Å². The summed E-state index contributed by atoms with van der Waals surface area (Å²) in [6.45, 7) is 3.83. The van der Waals surface area contributed by atoms with Crippen LogP contribution < -0.4 is 5.32 Å². The molecule has 0 aliphatic rings. The number of benzene rings is 1. The fourth-order valence-corrected chi connectivity index (χ4v) is 2.44. The molecular weight excluding hydrogens is 248 g/mol. The van der Waals surface area contributed by atoms with Crippen molar-refractivity contribution in [1.29, 1.82) is 0 Å². The lowest BCUT2D eigenvalue weighted by Gasteiger charge is -2.25. The van der Waals surface area contributed by atoms with Gasteiger partial charge in [0.25, 0.3) is 0 Å². The first-order valence-electron chi connectivity index (χ1n) is 6.99. The van der Waals surface area contributed by atoms with Crippen LogP contribution in [0.4, 0.5) is 0 Å². The first-order chi connectivity index (χ1) is 9.58. The second-order valence-corrected chi connectivity index (χ2v) is 5.43. The highest BCUT2D eigenvalue weighted by molar-refractivity contribution is 5.19. The quantitative estimate of drug-likeness (QED) is 0.874. The van der Waals surface area contributed by atoms with E-state index in [1.807, 2.05) is 11.7 Å². The van der Waals surface area contributed by atoms with Gasteiger partial charge in [0.05, 0.1) is 5.69 Å². The molecule has 0 radical (unpaired) electrons. The first kappa shape index (κ1) is 14.8. The Bertz CT molecular complexity index is 531. The Hall–Kier alpha value is -1.65. The molecule has 2 aromatic rings. The molecule has 108 valence electrons. The van der Waals surface area contributed by atoms with E-state index in [1.54, 1.807) is 0 Å². The van der Waals surface area contributed by atoms with Gasteiger partial charge in [0.1, 0.15) is 0 Å². The van der Waals surface area contributed by atoms with E-state index in [-0.39, 0.29) is 0 Å². The minimum atomic E-state index is 0.383. The van der Waals surface area contributed by atoms with Crippen molar-refractivity contribution in [2.24, 2.45) is 7.05 Å². The monoisotopic (exact) mass is 272 g/mol. The summed E-state index contributed by atoms with van der Waals surface area (Å²) >= 11 is 0. The molecule has 0 amide bonds. The number of hydrogen-bond acceptors (Lipinski definition) is 3. The standard InChI is InChI=1S/C16H24N4/c1-13-15(12-20(4)18-13)10-17-11-16(19(2)3)14-8-6-5-7-9-14/h5-9,12,16-17H,10-11H2,1-4H3. The molecule has 0 saturated heterocycles. The summed E-state index contributed by atoms with van der Waals surface area (Å²) in [6.07, 6.45) is 2.08. The Balaban J connectivity index is 1.95. The topological polar surface area (TPSA) is 33.1 Å². The normalized spacial score (nSPS) is 12.8. The summed E-state index contributed by atoms with van der Waals surface area (Å²) in [5.74, 6) is 0. The lowest BCUT2D eigenvalue weighted by Crippen LogP contribution is -2.30. The summed E-state index contributed by atoms with van der Waals surface area (Å²) in [7, 11) is 6.20. The Morgan fingerprint density at radius 1 is 1.25 bits per heavy atom. The van der Waals surface area contributed by atoms with Crippen molar-refractivity contribution in [2.45, 2.75) is 19.5 Å². The lowest BCUT2D eigenvalue weighted by molar-refractivity contribution is 0.288. The van der Waals surface area contributed by atoms with Crippen LogP contribution in [0.2, 0.25) is 0 Å². The number of likely N-dealkylation sites (N-methyl/N-ethyl adjacent to an activating group) is 1. The predicted molar refractivity (Wildman–Crippen MR) is 82.5 cm³/mol. The van der Waals surface area contributed by atoms with Crippen molar-refractivity contribution in [2.75, 3.05) is 20.6 Å². The van der Waals surface area contributed by atoms with Crippen LogP contribution in [-0.2, 0) is 13.6 Å². The Labute approximate surface area is 121 Å². The van der Waals surface area contributed by atoms with Crippen LogP contribution >= 0.6 is 0 Å². The molecule has 2 rings (SSSR count). The molecule has 0 aliphatic carbocycles. The van der Waals surface area contributed by atoms with Crippen molar-refractivity contribution in [3.05, 3.63) is 53.3 Å². The maximum Gasteiger partial charge on any atom is 0.0638 e. The van der Waals surface area contributed by atoms with E-state index >= 15 is 0 Å². The molecular formula is C16H24N4. The predicted octanol–water partition coefficient (Wildman–Crippen LogP) is 2.12. The van der Waals surface area contributed by atoms with Crippen molar-refractivity contribution < 1.29 is 0 Å². The largest absolute Gasteiger partial charge is 0.311 e. The smallest absolute Gasteiger partial charge is 0.0638 e. The molecule has 0 fully saturated rings. The first-order valence-corrected chi connectivity index (χ1v) is 6.99. The zero-order valence-electron chi connectivity index (χ0n) is 12.8. The Kier molecular flexibility index (Phi) is 4.93. The second-order valence-electron chi connectivity index (χ2n) is 5.43. The van der Waals surface area contributed by atoms with Gasteiger partial charge in [0, 0.05) is 37.9 Å². The Morgan fingerprint density at radius 3 is 2.50 bits per heavy atom. The number of hydrogen-bond donors (Lipinski definition) is 1. The van der Waals surface area contributed by atoms with Crippen molar-refractivity contribution in [3.8, 4) is 0 Å². The zero-order chi connectivity index (χ0) is 14.5. The highest BCUT2D eigenvalue weighted by atomic mass is 15.3. The van der Waals surface area contributed by atoms with Crippen LogP contribution in [-0.4, -0.2) is 35.3 Å². The van der Waals surface area contributed by atoms with Gasteiger partial charge in [-0.05, 0) is 26.6 Å². The summed E-state index contributed by atoms with van der Waals surface area (Å²) in [5, 5.41) is 7.91. The van der Waals surface area contributed by atoms with Gasteiger partial charge in [-0.15, -0.1) is 0 Å². The van der Waals surface area contributed by atoms with Crippen molar-refractivity contribution in [1.82, 2.24) is 20.0 Å². The number of nitrogens with zero attached hydrogens (tertiary/aromatic N) is 3. The third-order valence-corrected chi connectivity index (χ3v) is 3.58. The van der Waals surface area contributed by atoms with Gasteiger partial charge in [-0.25, -0.2) is 0 Å². The van der Waals surface area contributed by atoms with E-state index in [2.05, 4.69) is 72.9 Å². The van der Waals surface area contributed by atoms with Gasteiger partial charge in [-0.1, -0.05) is 30.3 Å². The van der Waals surface area contributed by atoms with Crippen molar-refractivity contribution in [3.63, 3.8) is 0 Å². The molecule has 1 N–H and O–H groups in total. The van der Waals surface area contributed by atoms with E-state index in [0.717, 1.165) is 18.8 Å². The summed E-state index contributed by atoms with van der Waals surface area (Å²) in [4.78, 5) is 2.25. The number of aryl methyl sites for hydroxylation is 2. The number of rotatable bonds is 6. The molecule has 1 heterocycles. The van der Waals surface area contributed by atoms with E-state index in [0.29, 0.717) is 6.04 Å². The minimum Gasteiger partial charge on any atom is -0.311 e. The third kappa shape index (κ3) is 3.68. The molecule has 0 spiro atoms. The maximum atomic E-state index is 4.37.